The van der Waals surface area contributed by atoms with E-state index in [0.717, 1.165) is 0 Å². The van der Waals surface area contributed by atoms with E-state index in [1.165, 1.54) is 35.5 Å². The summed E-state index contributed by atoms with van der Waals surface area (Å²) >= 11 is 0. The number of aliphatic hydroxyl groups excluding tert-OH is 1. The molecular formula is C15H17N5O4. The Balaban J connectivity index is 1.80. The number of aliphatic hydroxyl groups is 1. The van der Waals surface area contributed by atoms with Crippen LogP contribution in [0.2, 0.25) is 0 Å². The van der Waals surface area contributed by atoms with Gasteiger partial charge in [0.05, 0.1) is 11.0 Å². The molecule has 1 amide bonds. The molecule has 9 heteroatoms. The van der Waals surface area contributed by atoms with Gasteiger partial charge in [-0.05, 0) is 37.8 Å². The van der Waals surface area contributed by atoms with E-state index < -0.39 is 4.92 Å². The highest BCUT2D eigenvalue weighted by atomic mass is 16.6. The molecule has 126 valence electrons. The number of nitrogens with zero attached hydrogens (tertiary/aromatic N) is 4. The SMILES string of the molecule is O=C(NC1CCC(O)CC1)c1ccc(-n2cncn2)c([N+](=O)[O-])c1. The van der Waals surface area contributed by atoms with Crippen LogP contribution in [-0.4, -0.2) is 42.8 Å². The van der Waals surface area contributed by atoms with Crippen molar-refractivity contribution in [3.8, 4) is 5.69 Å². The van der Waals surface area contributed by atoms with Gasteiger partial charge in [-0.25, -0.2) is 9.67 Å². The lowest BCUT2D eigenvalue weighted by Gasteiger charge is -2.26. The van der Waals surface area contributed by atoms with E-state index in [2.05, 4.69) is 15.4 Å². The quantitative estimate of drug-likeness (QED) is 0.641. The highest BCUT2D eigenvalue weighted by Gasteiger charge is 2.23. The summed E-state index contributed by atoms with van der Waals surface area (Å²) in [5, 5.41) is 27.5. The number of amides is 1. The second-order valence-electron chi connectivity index (χ2n) is 5.78. The maximum atomic E-state index is 12.3. The molecule has 0 saturated heterocycles. The fourth-order valence-electron chi connectivity index (χ4n) is 2.83. The van der Waals surface area contributed by atoms with Crippen molar-refractivity contribution in [2.75, 3.05) is 0 Å². The van der Waals surface area contributed by atoms with Crippen molar-refractivity contribution in [3.05, 3.63) is 46.5 Å². The van der Waals surface area contributed by atoms with E-state index in [4.69, 9.17) is 0 Å². The summed E-state index contributed by atoms with van der Waals surface area (Å²) in [5.74, 6) is -0.357. The number of carbonyl (C=O) groups is 1. The Morgan fingerprint density at radius 2 is 2.08 bits per heavy atom. The van der Waals surface area contributed by atoms with E-state index >= 15 is 0 Å². The number of hydrogen-bond acceptors (Lipinski definition) is 6. The molecule has 1 fully saturated rings. The predicted molar refractivity (Wildman–Crippen MR) is 83.7 cm³/mol. The molecule has 0 radical (unpaired) electrons. The van der Waals surface area contributed by atoms with Crippen LogP contribution in [0.1, 0.15) is 36.0 Å². The minimum Gasteiger partial charge on any atom is -0.393 e. The monoisotopic (exact) mass is 331 g/mol. The zero-order valence-corrected chi connectivity index (χ0v) is 12.8. The maximum Gasteiger partial charge on any atom is 0.295 e. The number of carbonyl (C=O) groups excluding carboxylic acids is 1. The topological polar surface area (TPSA) is 123 Å². The predicted octanol–water partition coefficient (Wildman–Crippen LogP) is 1.21. The van der Waals surface area contributed by atoms with Crippen LogP contribution in [0, 0.1) is 10.1 Å². The summed E-state index contributed by atoms with van der Waals surface area (Å²) in [6.45, 7) is 0. The van der Waals surface area contributed by atoms with E-state index in [0.29, 0.717) is 25.7 Å². The van der Waals surface area contributed by atoms with E-state index in [-0.39, 0.29) is 35.0 Å². The molecule has 3 rings (SSSR count). The first-order valence-electron chi connectivity index (χ1n) is 7.67. The number of nitrogens with one attached hydrogen (secondary N) is 1. The van der Waals surface area contributed by atoms with Gasteiger partial charge in [-0.15, -0.1) is 0 Å². The van der Waals surface area contributed by atoms with Crippen LogP contribution < -0.4 is 5.32 Å². The second-order valence-corrected chi connectivity index (χ2v) is 5.78. The van der Waals surface area contributed by atoms with Crippen LogP contribution in [0.25, 0.3) is 5.69 Å². The lowest BCUT2D eigenvalue weighted by molar-refractivity contribution is -0.384. The summed E-state index contributed by atoms with van der Waals surface area (Å²) in [6.07, 6.45) is 5.03. The van der Waals surface area contributed by atoms with Crippen LogP contribution >= 0.6 is 0 Å². The third-order valence-corrected chi connectivity index (χ3v) is 4.13. The average molecular weight is 331 g/mol. The first kappa shape index (κ1) is 16.1. The van der Waals surface area contributed by atoms with Crippen LogP contribution in [0.3, 0.4) is 0 Å². The van der Waals surface area contributed by atoms with Crippen molar-refractivity contribution >= 4 is 11.6 Å². The van der Waals surface area contributed by atoms with Gasteiger partial charge in [-0.3, -0.25) is 14.9 Å². The number of rotatable bonds is 4. The molecule has 24 heavy (non-hydrogen) atoms. The Bertz CT molecular complexity index is 738. The van der Waals surface area contributed by atoms with Gasteiger partial charge in [0.2, 0.25) is 0 Å². The lowest BCUT2D eigenvalue weighted by atomic mass is 9.93. The van der Waals surface area contributed by atoms with Gasteiger partial charge in [-0.2, -0.15) is 5.10 Å². The minimum absolute atomic E-state index is 0.0186. The summed E-state index contributed by atoms with van der Waals surface area (Å²) in [6, 6.07) is 4.22. The van der Waals surface area contributed by atoms with E-state index in [1.54, 1.807) is 0 Å². The molecule has 2 N–H and O–H groups in total. The Labute approximate surface area is 137 Å². The third kappa shape index (κ3) is 3.40. The van der Waals surface area contributed by atoms with Gasteiger partial charge in [0.15, 0.2) is 0 Å². The van der Waals surface area contributed by atoms with Gasteiger partial charge >= 0.3 is 0 Å². The molecule has 0 atom stereocenters. The first-order chi connectivity index (χ1) is 11.5. The fraction of sp³-hybridized carbons (Fsp3) is 0.400. The molecular weight excluding hydrogens is 314 g/mol. The number of nitro benzene ring substituents is 1. The second kappa shape index (κ2) is 6.75. The fourth-order valence-corrected chi connectivity index (χ4v) is 2.83. The average Bonchev–Trinajstić information content (AvgIpc) is 3.10. The largest absolute Gasteiger partial charge is 0.393 e. The highest BCUT2D eigenvalue weighted by molar-refractivity contribution is 5.95. The molecule has 1 heterocycles. The smallest absolute Gasteiger partial charge is 0.295 e. The molecule has 1 aromatic heterocycles. The molecule has 1 aliphatic carbocycles. The van der Waals surface area contributed by atoms with Gasteiger partial charge in [0, 0.05) is 17.7 Å². The van der Waals surface area contributed by atoms with Crippen LogP contribution in [0.15, 0.2) is 30.9 Å². The molecule has 1 aromatic carbocycles. The van der Waals surface area contributed by atoms with Crippen molar-refractivity contribution < 1.29 is 14.8 Å². The molecule has 1 saturated carbocycles. The Morgan fingerprint density at radius 3 is 2.71 bits per heavy atom. The Morgan fingerprint density at radius 1 is 1.33 bits per heavy atom. The zero-order chi connectivity index (χ0) is 17.1. The molecule has 2 aromatic rings. The van der Waals surface area contributed by atoms with Crippen LogP contribution in [0.4, 0.5) is 5.69 Å². The van der Waals surface area contributed by atoms with Crippen molar-refractivity contribution in [1.82, 2.24) is 20.1 Å². The van der Waals surface area contributed by atoms with Gasteiger partial charge in [-0.1, -0.05) is 0 Å². The summed E-state index contributed by atoms with van der Waals surface area (Å²) in [7, 11) is 0. The molecule has 0 bridgehead atoms. The summed E-state index contributed by atoms with van der Waals surface area (Å²) < 4.78 is 1.28. The summed E-state index contributed by atoms with van der Waals surface area (Å²) in [4.78, 5) is 26.9. The molecule has 0 aliphatic heterocycles. The number of benzene rings is 1. The molecule has 0 spiro atoms. The normalized spacial score (nSPS) is 20.5. The van der Waals surface area contributed by atoms with Gasteiger partial charge in [0.25, 0.3) is 11.6 Å². The van der Waals surface area contributed by atoms with Crippen molar-refractivity contribution in [3.63, 3.8) is 0 Å². The molecule has 1 aliphatic rings. The number of aromatic nitrogens is 3. The van der Waals surface area contributed by atoms with Crippen LogP contribution in [0.5, 0.6) is 0 Å². The number of hydrogen-bond donors (Lipinski definition) is 2. The van der Waals surface area contributed by atoms with Crippen molar-refractivity contribution in [2.45, 2.75) is 37.8 Å². The zero-order valence-electron chi connectivity index (χ0n) is 12.8. The van der Waals surface area contributed by atoms with Gasteiger partial charge < -0.3 is 10.4 Å². The standard InChI is InChI=1S/C15H17N5O4/c21-12-4-2-11(3-5-12)18-15(22)10-1-6-13(14(7-10)20(23)24)19-9-16-8-17-19/h1,6-9,11-12,21H,2-5H2,(H,18,22). The number of nitro groups is 1. The lowest BCUT2D eigenvalue weighted by Crippen LogP contribution is -2.38. The minimum atomic E-state index is -0.551. The van der Waals surface area contributed by atoms with Crippen molar-refractivity contribution in [2.24, 2.45) is 0 Å². The van der Waals surface area contributed by atoms with E-state index in [1.807, 2.05) is 0 Å². The molecule has 9 nitrogen and oxygen atoms in total. The Hall–Kier alpha value is -2.81. The first-order valence-corrected chi connectivity index (χ1v) is 7.67. The van der Waals surface area contributed by atoms with Gasteiger partial charge in [0.1, 0.15) is 18.3 Å². The van der Waals surface area contributed by atoms with Crippen LogP contribution in [-0.2, 0) is 0 Å². The Kier molecular flexibility index (Phi) is 4.52. The molecule has 0 unspecified atom stereocenters. The third-order valence-electron chi connectivity index (χ3n) is 4.13. The maximum absolute atomic E-state index is 12.3. The van der Waals surface area contributed by atoms with Crippen molar-refractivity contribution in [1.29, 1.82) is 0 Å². The highest BCUT2D eigenvalue weighted by Crippen LogP contribution is 2.24. The summed E-state index contributed by atoms with van der Waals surface area (Å²) in [5.41, 5.74) is 0.249. The van der Waals surface area contributed by atoms with E-state index in [9.17, 15) is 20.0 Å².